The summed E-state index contributed by atoms with van der Waals surface area (Å²) in [5, 5.41) is 2.54. The summed E-state index contributed by atoms with van der Waals surface area (Å²) in [6, 6.07) is 9.94. The lowest BCUT2D eigenvalue weighted by Gasteiger charge is -2.17. The number of anilines is 1. The minimum absolute atomic E-state index is 0.282. The zero-order valence-electron chi connectivity index (χ0n) is 13.6. The highest BCUT2D eigenvalue weighted by atomic mass is 19.4. The molecule has 0 aliphatic heterocycles. The van der Waals surface area contributed by atoms with Crippen LogP contribution in [0.3, 0.4) is 0 Å². The first-order valence-electron chi connectivity index (χ1n) is 7.39. The van der Waals surface area contributed by atoms with E-state index in [1.165, 1.54) is 12.1 Å². The topological polar surface area (TPSA) is 38.3 Å². The van der Waals surface area contributed by atoms with Gasteiger partial charge in [-0.2, -0.15) is 13.2 Å². The second kappa shape index (κ2) is 6.95. The number of rotatable bonds is 4. The molecule has 0 fully saturated rings. The molecule has 0 unspecified atom stereocenters. The van der Waals surface area contributed by atoms with Crippen molar-refractivity contribution in [3.05, 3.63) is 59.2 Å². The lowest BCUT2D eigenvalue weighted by molar-refractivity contribution is -0.137. The molecule has 0 radical (unpaired) electrons. The van der Waals surface area contributed by atoms with Crippen LogP contribution in [-0.4, -0.2) is 12.0 Å². The van der Waals surface area contributed by atoms with Crippen molar-refractivity contribution < 1.29 is 22.7 Å². The Kier molecular flexibility index (Phi) is 5.17. The van der Waals surface area contributed by atoms with Crippen LogP contribution in [0.4, 0.5) is 18.9 Å². The number of nitrogens with one attached hydrogen (secondary N) is 1. The van der Waals surface area contributed by atoms with E-state index in [1.54, 1.807) is 6.92 Å². The van der Waals surface area contributed by atoms with Gasteiger partial charge < -0.3 is 10.1 Å². The Balaban J connectivity index is 2.02. The van der Waals surface area contributed by atoms with Gasteiger partial charge in [0, 0.05) is 5.69 Å². The molecule has 0 aliphatic rings. The fourth-order valence-electron chi connectivity index (χ4n) is 2.06. The number of hydrogen-bond acceptors (Lipinski definition) is 2. The Labute approximate surface area is 138 Å². The Morgan fingerprint density at radius 3 is 2.29 bits per heavy atom. The molecule has 1 N–H and O–H groups in total. The summed E-state index contributed by atoms with van der Waals surface area (Å²) >= 11 is 0. The second-order valence-corrected chi connectivity index (χ2v) is 5.59. The van der Waals surface area contributed by atoms with Gasteiger partial charge in [0.1, 0.15) is 5.75 Å². The van der Waals surface area contributed by atoms with E-state index in [9.17, 15) is 18.0 Å². The first kappa shape index (κ1) is 17.8. The van der Waals surface area contributed by atoms with E-state index in [-0.39, 0.29) is 5.69 Å². The monoisotopic (exact) mass is 337 g/mol. The molecule has 2 aromatic rings. The van der Waals surface area contributed by atoms with E-state index in [2.05, 4.69) is 5.32 Å². The number of carbonyl (C=O) groups excluding carboxylic acids is 1. The van der Waals surface area contributed by atoms with Crippen LogP contribution < -0.4 is 10.1 Å². The fraction of sp³-hybridized carbons (Fsp3) is 0.278. The zero-order chi connectivity index (χ0) is 17.9. The van der Waals surface area contributed by atoms with Crippen molar-refractivity contribution in [2.75, 3.05) is 5.32 Å². The van der Waals surface area contributed by atoms with Gasteiger partial charge in [-0.3, -0.25) is 4.79 Å². The number of hydrogen-bond donors (Lipinski definition) is 1. The van der Waals surface area contributed by atoms with Crippen LogP contribution in [0.5, 0.6) is 5.75 Å². The predicted molar refractivity (Wildman–Crippen MR) is 86.1 cm³/mol. The molecule has 6 heteroatoms. The maximum Gasteiger partial charge on any atom is 0.416 e. The van der Waals surface area contributed by atoms with Gasteiger partial charge in [0.25, 0.3) is 5.91 Å². The van der Waals surface area contributed by atoms with Crippen LogP contribution >= 0.6 is 0 Å². The van der Waals surface area contributed by atoms with E-state index in [0.29, 0.717) is 5.75 Å². The van der Waals surface area contributed by atoms with Gasteiger partial charge in [0.15, 0.2) is 6.10 Å². The largest absolute Gasteiger partial charge is 0.481 e. The molecule has 2 aromatic carbocycles. The van der Waals surface area contributed by atoms with E-state index >= 15 is 0 Å². The van der Waals surface area contributed by atoms with Crippen molar-refractivity contribution in [1.82, 2.24) is 0 Å². The highest BCUT2D eigenvalue weighted by Gasteiger charge is 2.30. The summed E-state index contributed by atoms with van der Waals surface area (Å²) < 4.78 is 43.2. The number of aryl methyl sites for hydroxylation is 2. The molecule has 0 saturated heterocycles. The van der Waals surface area contributed by atoms with E-state index in [0.717, 1.165) is 23.3 Å². The Bertz CT molecular complexity index is 724. The Hall–Kier alpha value is -2.50. The standard InChI is InChI=1S/C18H18F3NO2/c1-11-4-5-12(2)16(10-11)24-13(3)17(23)22-15-8-6-14(7-9-15)18(19,20)21/h4-10,13H,1-3H3,(H,22,23)/t13-/m0/s1. The van der Waals surface area contributed by atoms with Crippen molar-refractivity contribution in [1.29, 1.82) is 0 Å². The molecule has 2 rings (SSSR count). The minimum atomic E-state index is -4.40. The molecular formula is C18H18F3NO2. The molecule has 0 aromatic heterocycles. The summed E-state index contributed by atoms with van der Waals surface area (Å²) in [6.07, 6.45) is -5.19. The third-order valence-corrected chi connectivity index (χ3v) is 3.50. The SMILES string of the molecule is Cc1ccc(C)c(O[C@@H](C)C(=O)Nc2ccc(C(F)(F)F)cc2)c1. The molecule has 128 valence electrons. The van der Waals surface area contributed by atoms with E-state index in [1.807, 2.05) is 32.0 Å². The maximum atomic E-state index is 12.5. The number of carbonyl (C=O) groups is 1. The van der Waals surface area contributed by atoms with Gasteiger partial charge in [-0.25, -0.2) is 0 Å². The molecule has 1 amide bonds. The normalized spacial score (nSPS) is 12.6. The van der Waals surface area contributed by atoms with Crippen molar-refractivity contribution in [2.24, 2.45) is 0 Å². The van der Waals surface area contributed by atoms with Crippen LogP contribution in [0.2, 0.25) is 0 Å². The van der Waals surface area contributed by atoms with Crippen LogP contribution in [0.1, 0.15) is 23.6 Å². The Morgan fingerprint density at radius 1 is 1.08 bits per heavy atom. The average molecular weight is 337 g/mol. The maximum absolute atomic E-state index is 12.5. The highest BCUT2D eigenvalue weighted by Crippen LogP contribution is 2.29. The van der Waals surface area contributed by atoms with Crippen molar-refractivity contribution in [3.63, 3.8) is 0 Å². The molecule has 24 heavy (non-hydrogen) atoms. The third kappa shape index (κ3) is 4.50. The molecule has 0 heterocycles. The predicted octanol–water partition coefficient (Wildman–Crippen LogP) is 4.73. The summed E-state index contributed by atoms with van der Waals surface area (Å²) in [5.41, 5.74) is 1.42. The van der Waals surface area contributed by atoms with Crippen LogP contribution in [0.25, 0.3) is 0 Å². The summed E-state index contributed by atoms with van der Waals surface area (Å²) in [5.74, 6) is 0.167. The molecule has 0 aliphatic carbocycles. The number of benzene rings is 2. The van der Waals surface area contributed by atoms with Crippen molar-refractivity contribution >= 4 is 11.6 Å². The van der Waals surface area contributed by atoms with Crippen LogP contribution in [-0.2, 0) is 11.0 Å². The molecule has 0 spiro atoms. The quantitative estimate of drug-likeness (QED) is 0.876. The molecule has 1 atom stereocenters. The van der Waals surface area contributed by atoms with Gasteiger partial charge in [-0.1, -0.05) is 12.1 Å². The molecule has 0 saturated carbocycles. The lowest BCUT2D eigenvalue weighted by atomic mass is 10.1. The molecule has 0 bridgehead atoms. The van der Waals surface area contributed by atoms with Crippen LogP contribution in [0.15, 0.2) is 42.5 Å². The number of ether oxygens (including phenoxy) is 1. The summed E-state index contributed by atoms with van der Waals surface area (Å²) in [6.45, 7) is 5.37. The Morgan fingerprint density at radius 2 is 1.71 bits per heavy atom. The average Bonchev–Trinajstić information content (AvgIpc) is 2.50. The summed E-state index contributed by atoms with van der Waals surface area (Å²) in [7, 11) is 0. The molecule has 3 nitrogen and oxygen atoms in total. The van der Waals surface area contributed by atoms with E-state index < -0.39 is 23.8 Å². The molecular weight excluding hydrogens is 319 g/mol. The van der Waals surface area contributed by atoms with Gasteiger partial charge in [0.05, 0.1) is 5.56 Å². The minimum Gasteiger partial charge on any atom is -0.481 e. The van der Waals surface area contributed by atoms with Crippen molar-refractivity contribution in [3.8, 4) is 5.75 Å². The van der Waals surface area contributed by atoms with Gasteiger partial charge in [-0.05, 0) is 62.2 Å². The lowest BCUT2D eigenvalue weighted by Crippen LogP contribution is -2.30. The van der Waals surface area contributed by atoms with Crippen LogP contribution in [0, 0.1) is 13.8 Å². The van der Waals surface area contributed by atoms with E-state index in [4.69, 9.17) is 4.74 Å². The summed E-state index contributed by atoms with van der Waals surface area (Å²) in [4.78, 5) is 12.1. The second-order valence-electron chi connectivity index (χ2n) is 5.59. The zero-order valence-corrected chi connectivity index (χ0v) is 13.6. The van der Waals surface area contributed by atoms with Gasteiger partial charge >= 0.3 is 6.18 Å². The number of amides is 1. The first-order valence-corrected chi connectivity index (χ1v) is 7.39. The number of halogens is 3. The third-order valence-electron chi connectivity index (χ3n) is 3.50. The first-order chi connectivity index (χ1) is 11.2. The highest BCUT2D eigenvalue weighted by molar-refractivity contribution is 5.94. The smallest absolute Gasteiger partial charge is 0.416 e. The van der Waals surface area contributed by atoms with Crippen molar-refractivity contribution in [2.45, 2.75) is 33.1 Å². The van der Waals surface area contributed by atoms with Gasteiger partial charge in [0.2, 0.25) is 0 Å². The van der Waals surface area contributed by atoms with Gasteiger partial charge in [-0.15, -0.1) is 0 Å². The number of alkyl halides is 3. The fourth-order valence-corrected chi connectivity index (χ4v) is 2.06.